The minimum absolute atomic E-state index is 0.153. The molecule has 4 heteroatoms. The van der Waals surface area contributed by atoms with E-state index in [0.29, 0.717) is 0 Å². The first-order valence-corrected chi connectivity index (χ1v) is 7.50. The van der Waals surface area contributed by atoms with Gasteiger partial charge in [-0.15, -0.1) is 11.3 Å². The average molecular weight is 283 g/mol. The van der Waals surface area contributed by atoms with Crippen molar-refractivity contribution in [3.05, 3.63) is 70.2 Å². The lowest BCUT2D eigenvalue weighted by Crippen LogP contribution is -2.18. The number of para-hydroxylation sites is 1. The molecule has 0 aliphatic carbocycles. The highest BCUT2D eigenvalue weighted by Crippen LogP contribution is 2.28. The summed E-state index contributed by atoms with van der Waals surface area (Å²) in [6, 6.07) is 14.6. The summed E-state index contributed by atoms with van der Waals surface area (Å²) in [6.45, 7) is 2.14. The van der Waals surface area contributed by atoms with Crippen LogP contribution in [0.15, 0.2) is 54.0 Å². The van der Waals surface area contributed by atoms with Gasteiger partial charge in [0, 0.05) is 11.1 Å². The molecule has 2 aromatic heterocycles. The fourth-order valence-corrected chi connectivity index (χ4v) is 3.36. The molecule has 0 bridgehead atoms. The van der Waals surface area contributed by atoms with Crippen molar-refractivity contribution in [2.45, 2.75) is 13.0 Å². The Kier molecular flexibility index (Phi) is 3.67. The van der Waals surface area contributed by atoms with Crippen LogP contribution in [0.1, 0.15) is 22.2 Å². The zero-order valence-corrected chi connectivity index (χ0v) is 12.4. The molecule has 0 amide bonds. The van der Waals surface area contributed by atoms with Gasteiger partial charge in [-0.1, -0.05) is 18.2 Å². The number of nitrogens with one attached hydrogen (secondary N) is 1. The van der Waals surface area contributed by atoms with Crippen LogP contribution in [0.3, 0.4) is 0 Å². The predicted molar refractivity (Wildman–Crippen MR) is 83.5 cm³/mol. The Morgan fingerprint density at radius 3 is 2.60 bits per heavy atom. The van der Waals surface area contributed by atoms with E-state index >= 15 is 0 Å². The van der Waals surface area contributed by atoms with Crippen molar-refractivity contribution < 1.29 is 0 Å². The Hall–Kier alpha value is -1.91. The van der Waals surface area contributed by atoms with Crippen molar-refractivity contribution in [3.8, 4) is 5.69 Å². The van der Waals surface area contributed by atoms with E-state index in [-0.39, 0.29) is 6.04 Å². The molecule has 1 aromatic carbocycles. The van der Waals surface area contributed by atoms with E-state index in [1.54, 1.807) is 11.3 Å². The highest BCUT2D eigenvalue weighted by atomic mass is 32.1. The van der Waals surface area contributed by atoms with Gasteiger partial charge in [0.2, 0.25) is 0 Å². The highest BCUT2D eigenvalue weighted by molar-refractivity contribution is 7.10. The van der Waals surface area contributed by atoms with Gasteiger partial charge in [0.1, 0.15) is 0 Å². The van der Waals surface area contributed by atoms with Gasteiger partial charge in [-0.05, 0) is 49.2 Å². The third-order valence-corrected chi connectivity index (χ3v) is 4.46. The van der Waals surface area contributed by atoms with Crippen LogP contribution in [0.4, 0.5) is 0 Å². The van der Waals surface area contributed by atoms with Crippen molar-refractivity contribution in [2.24, 2.45) is 0 Å². The van der Waals surface area contributed by atoms with Crippen molar-refractivity contribution in [3.63, 3.8) is 0 Å². The van der Waals surface area contributed by atoms with E-state index in [2.05, 4.69) is 41.9 Å². The number of hydrogen-bond donors (Lipinski definition) is 1. The molecule has 1 N–H and O–H groups in total. The number of hydrogen-bond acceptors (Lipinski definition) is 3. The standard InChI is InChI=1S/C16H17N3S/c1-12-9-11-20-16(12)15(17-2)14-8-10-19(18-14)13-6-4-3-5-7-13/h3-11,15,17H,1-2H3. The largest absolute Gasteiger partial charge is 0.307 e. The lowest BCUT2D eigenvalue weighted by atomic mass is 10.1. The first kappa shape index (κ1) is 13.1. The quantitative estimate of drug-likeness (QED) is 0.793. The summed E-state index contributed by atoms with van der Waals surface area (Å²) in [5.74, 6) is 0. The summed E-state index contributed by atoms with van der Waals surface area (Å²) in [6.07, 6.45) is 2.01. The van der Waals surface area contributed by atoms with E-state index in [1.807, 2.05) is 36.1 Å². The van der Waals surface area contributed by atoms with Crippen molar-refractivity contribution in [1.29, 1.82) is 0 Å². The maximum atomic E-state index is 4.71. The van der Waals surface area contributed by atoms with Gasteiger partial charge in [0.25, 0.3) is 0 Å². The number of benzene rings is 1. The first-order valence-electron chi connectivity index (χ1n) is 6.62. The summed E-state index contributed by atoms with van der Waals surface area (Å²) >= 11 is 1.77. The number of aryl methyl sites for hydroxylation is 1. The van der Waals surface area contributed by atoms with Gasteiger partial charge in [-0.25, -0.2) is 4.68 Å². The van der Waals surface area contributed by atoms with E-state index in [1.165, 1.54) is 10.4 Å². The Morgan fingerprint density at radius 1 is 1.15 bits per heavy atom. The van der Waals surface area contributed by atoms with E-state index in [0.717, 1.165) is 11.4 Å². The van der Waals surface area contributed by atoms with Crippen molar-refractivity contribution in [1.82, 2.24) is 15.1 Å². The zero-order valence-electron chi connectivity index (χ0n) is 11.6. The Morgan fingerprint density at radius 2 is 1.95 bits per heavy atom. The SMILES string of the molecule is CNC(c1ccn(-c2ccccc2)n1)c1sccc1C. The molecule has 0 spiro atoms. The number of aromatic nitrogens is 2. The van der Waals surface area contributed by atoms with Gasteiger partial charge in [-0.3, -0.25) is 0 Å². The average Bonchev–Trinajstić information content (AvgIpc) is 3.12. The highest BCUT2D eigenvalue weighted by Gasteiger charge is 2.18. The summed E-state index contributed by atoms with van der Waals surface area (Å²) in [7, 11) is 1.98. The molecule has 1 atom stereocenters. The molecule has 102 valence electrons. The molecule has 1 unspecified atom stereocenters. The summed E-state index contributed by atoms with van der Waals surface area (Å²) in [5.41, 5.74) is 3.43. The van der Waals surface area contributed by atoms with Gasteiger partial charge < -0.3 is 5.32 Å². The minimum Gasteiger partial charge on any atom is -0.307 e. The maximum Gasteiger partial charge on any atom is 0.0864 e. The molecule has 0 aliphatic rings. The van der Waals surface area contributed by atoms with Gasteiger partial charge in [-0.2, -0.15) is 5.10 Å². The second kappa shape index (κ2) is 5.61. The monoisotopic (exact) mass is 283 g/mol. The second-order valence-corrected chi connectivity index (χ2v) is 5.66. The first-order chi connectivity index (χ1) is 9.79. The summed E-state index contributed by atoms with van der Waals surface area (Å²) in [4.78, 5) is 1.32. The molecule has 2 heterocycles. The molecule has 0 saturated heterocycles. The third kappa shape index (κ3) is 2.40. The Labute approximate surface area is 122 Å². The normalized spacial score (nSPS) is 12.5. The topological polar surface area (TPSA) is 29.9 Å². The molecule has 3 rings (SSSR count). The fraction of sp³-hybridized carbons (Fsp3) is 0.188. The van der Waals surface area contributed by atoms with E-state index in [9.17, 15) is 0 Å². The maximum absolute atomic E-state index is 4.71. The molecule has 0 radical (unpaired) electrons. The van der Waals surface area contributed by atoms with E-state index < -0.39 is 0 Å². The van der Waals surface area contributed by atoms with Crippen LogP contribution in [0, 0.1) is 6.92 Å². The lowest BCUT2D eigenvalue weighted by Gasteiger charge is -2.13. The molecule has 0 fully saturated rings. The Balaban J connectivity index is 1.95. The van der Waals surface area contributed by atoms with Crippen LogP contribution in [-0.2, 0) is 0 Å². The smallest absolute Gasteiger partial charge is 0.0864 e. The zero-order chi connectivity index (χ0) is 13.9. The predicted octanol–water partition coefficient (Wildman–Crippen LogP) is 3.55. The van der Waals surface area contributed by atoms with Crippen LogP contribution >= 0.6 is 11.3 Å². The number of nitrogens with zero attached hydrogens (tertiary/aromatic N) is 2. The molecule has 3 aromatic rings. The molecule has 20 heavy (non-hydrogen) atoms. The van der Waals surface area contributed by atoms with Crippen LogP contribution < -0.4 is 5.32 Å². The van der Waals surface area contributed by atoms with Gasteiger partial charge in [0.05, 0.1) is 17.4 Å². The van der Waals surface area contributed by atoms with Crippen LogP contribution in [0.25, 0.3) is 5.69 Å². The van der Waals surface area contributed by atoms with Crippen LogP contribution in [0.5, 0.6) is 0 Å². The number of thiophene rings is 1. The second-order valence-electron chi connectivity index (χ2n) is 4.71. The van der Waals surface area contributed by atoms with Crippen molar-refractivity contribution in [2.75, 3.05) is 7.05 Å². The summed E-state index contributed by atoms with van der Waals surface area (Å²) in [5, 5.41) is 10.2. The fourth-order valence-electron chi connectivity index (χ4n) is 2.31. The van der Waals surface area contributed by atoms with Crippen LogP contribution in [0.2, 0.25) is 0 Å². The van der Waals surface area contributed by atoms with Gasteiger partial charge in [0.15, 0.2) is 0 Å². The van der Waals surface area contributed by atoms with Crippen molar-refractivity contribution >= 4 is 11.3 Å². The van der Waals surface area contributed by atoms with Crippen LogP contribution in [-0.4, -0.2) is 16.8 Å². The van der Waals surface area contributed by atoms with Gasteiger partial charge >= 0.3 is 0 Å². The number of rotatable bonds is 4. The minimum atomic E-state index is 0.153. The lowest BCUT2D eigenvalue weighted by molar-refractivity contribution is 0.664. The summed E-state index contributed by atoms with van der Waals surface area (Å²) < 4.78 is 1.92. The molecular weight excluding hydrogens is 266 g/mol. The molecular formula is C16H17N3S. The third-order valence-electron chi connectivity index (χ3n) is 3.38. The molecule has 0 saturated carbocycles. The Bertz CT molecular complexity index is 685. The molecule has 3 nitrogen and oxygen atoms in total. The van der Waals surface area contributed by atoms with E-state index in [4.69, 9.17) is 5.10 Å². The molecule has 0 aliphatic heterocycles.